The summed E-state index contributed by atoms with van der Waals surface area (Å²) in [6.45, 7) is 2.83. The Morgan fingerprint density at radius 2 is 2.20 bits per heavy atom. The molecule has 0 unspecified atom stereocenters. The van der Waals surface area contributed by atoms with Crippen LogP contribution in [0.25, 0.3) is 0 Å². The zero-order valence-electron chi connectivity index (χ0n) is 8.79. The number of aliphatic hydroxyl groups is 1. The normalized spacial score (nSPS) is 18.6. The molecule has 1 saturated heterocycles. The van der Waals surface area contributed by atoms with Gasteiger partial charge in [0.2, 0.25) is 0 Å². The van der Waals surface area contributed by atoms with Crippen LogP contribution in [0.15, 0.2) is 18.2 Å². The minimum absolute atomic E-state index is 0.350. The van der Waals surface area contributed by atoms with Gasteiger partial charge < -0.3 is 9.84 Å². The van der Waals surface area contributed by atoms with Crippen molar-refractivity contribution < 1.29 is 9.84 Å². The molecule has 3 heteroatoms. The third-order valence-corrected chi connectivity index (χ3v) is 3.08. The largest absolute Gasteiger partial charge is 0.380 e. The molecule has 0 bridgehead atoms. The van der Waals surface area contributed by atoms with Crippen molar-refractivity contribution in [1.29, 1.82) is 0 Å². The van der Waals surface area contributed by atoms with Crippen molar-refractivity contribution in [2.45, 2.75) is 25.4 Å². The van der Waals surface area contributed by atoms with E-state index in [0.717, 1.165) is 18.4 Å². The van der Waals surface area contributed by atoms with Crippen molar-refractivity contribution >= 4 is 11.6 Å². The van der Waals surface area contributed by atoms with Crippen LogP contribution < -0.4 is 0 Å². The maximum Gasteiger partial charge on any atom is 0.137 e. The van der Waals surface area contributed by atoms with Crippen LogP contribution in [-0.4, -0.2) is 18.3 Å². The third kappa shape index (κ3) is 2.03. The summed E-state index contributed by atoms with van der Waals surface area (Å²) in [5.41, 5.74) is 1.17. The van der Waals surface area contributed by atoms with Crippen molar-refractivity contribution in [3.8, 4) is 0 Å². The molecule has 0 saturated carbocycles. The highest BCUT2D eigenvalue weighted by Crippen LogP contribution is 2.34. The second kappa shape index (κ2) is 4.12. The van der Waals surface area contributed by atoms with E-state index >= 15 is 0 Å². The first-order valence-electron chi connectivity index (χ1n) is 5.25. The smallest absolute Gasteiger partial charge is 0.137 e. The van der Waals surface area contributed by atoms with Gasteiger partial charge in [0.05, 0.1) is 13.2 Å². The SMILES string of the molecule is CCCc1ccc(Cl)c(C2(O)COC2)c1. The Morgan fingerprint density at radius 3 is 2.73 bits per heavy atom. The van der Waals surface area contributed by atoms with Gasteiger partial charge in [-0.2, -0.15) is 0 Å². The van der Waals surface area contributed by atoms with E-state index in [-0.39, 0.29) is 0 Å². The van der Waals surface area contributed by atoms with E-state index in [2.05, 4.69) is 6.92 Å². The Morgan fingerprint density at radius 1 is 1.47 bits per heavy atom. The Hall–Kier alpha value is -0.570. The standard InChI is InChI=1S/C12H15ClO2/c1-2-3-9-4-5-11(13)10(6-9)12(14)7-15-8-12/h4-6,14H,2-3,7-8H2,1H3. The van der Waals surface area contributed by atoms with E-state index in [1.54, 1.807) is 0 Å². The summed E-state index contributed by atoms with van der Waals surface area (Å²) in [6, 6.07) is 5.87. The molecule has 0 aliphatic carbocycles. The molecule has 2 nitrogen and oxygen atoms in total. The zero-order chi connectivity index (χ0) is 10.9. The predicted molar refractivity (Wildman–Crippen MR) is 60.2 cm³/mol. The number of halogens is 1. The topological polar surface area (TPSA) is 29.5 Å². The number of rotatable bonds is 3. The van der Waals surface area contributed by atoms with Crippen LogP contribution in [0.3, 0.4) is 0 Å². The number of ether oxygens (including phenoxy) is 1. The first-order valence-corrected chi connectivity index (χ1v) is 5.62. The van der Waals surface area contributed by atoms with Crippen LogP contribution in [0.4, 0.5) is 0 Å². The summed E-state index contributed by atoms with van der Waals surface area (Å²) in [6.07, 6.45) is 2.11. The van der Waals surface area contributed by atoms with Gasteiger partial charge in [-0.1, -0.05) is 37.1 Å². The lowest BCUT2D eigenvalue weighted by molar-refractivity contribution is -0.184. The van der Waals surface area contributed by atoms with Crippen LogP contribution in [-0.2, 0) is 16.8 Å². The van der Waals surface area contributed by atoms with Crippen molar-refractivity contribution in [2.24, 2.45) is 0 Å². The highest BCUT2D eigenvalue weighted by Gasteiger charge is 2.39. The molecule has 1 aliphatic heterocycles. The molecule has 1 aliphatic rings. The minimum Gasteiger partial charge on any atom is -0.380 e. The summed E-state index contributed by atoms with van der Waals surface area (Å²) >= 11 is 6.08. The van der Waals surface area contributed by atoms with E-state index in [1.165, 1.54) is 5.56 Å². The molecular weight excluding hydrogens is 212 g/mol. The quantitative estimate of drug-likeness (QED) is 0.858. The summed E-state index contributed by atoms with van der Waals surface area (Å²) in [7, 11) is 0. The Bertz CT molecular complexity index is 359. The molecule has 2 rings (SSSR count). The molecule has 82 valence electrons. The van der Waals surface area contributed by atoms with Crippen LogP contribution in [0, 0.1) is 0 Å². The molecule has 15 heavy (non-hydrogen) atoms. The monoisotopic (exact) mass is 226 g/mol. The molecule has 0 radical (unpaired) electrons. The Balaban J connectivity index is 2.32. The van der Waals surface area contributed by atoms with Gasteiger partial charge >= 0.3 is 0 Å². The molecule has 1 aromatic carbocycles. The average Bonchev–Trinajstić information content (AvgIpc) is 2.18. The molecule has 1 heterocycles. The minimum atomic E-state index is -0.860. The molecule has 1 N–H and O–H groups in total. The van der Waals surface area contributed by atoms with Gasteiger partial charge in [0.1, 0.15) is 5.60 Å². The van der Waals surface area contributed by atoms with Crippen LogP contribution in [0.2, 0.25) is 5.02 Å². The Kier molecular flexibility index (Phi) is 3.01. The van der Waals surface area contributed by atoms with E-state index < -0.39 is 5.60 Å². The maximum atomic E-state index is 10.1. The number of hydrogen-bond donors (Lipinski definition) is 1. The van der Waals surface area contributed by atoms with E-state index in [9.17, 15) is 5.11 Å². The average molecular weight is 227 g/mol. The number of aryl methyl sites for hydroxylation is 1. The highest BCUT2D eigenvalue weighted by molar-refractivity contribution is 6.31. The summed E-state index contributed by atoms with van der Waals surface area (Å²) in [5, 5.41) is 10.8. The molecule has 0 spiro atoms. The van der Waals surface area contributed by atoms with Crippen molar-refractivity contribution in [1.82, 2.24) is 0 Å². The fourth-order valence-electron chi connectivity index (χ4n) is 1.82. The summed E-state index contributed by atoms with van der Waals surface area (Å²) in [5.74, 6) is 0. The fourth-order valence-corrected chi connectivity index (χ4v) is 2.12. The third-order valence-electron chi connectivity index (χ3n) is 2.75. The Labute approximate surface area is 94.8 Å². The van der Waals surface area contributed by atoms with Crippen LogP contribution in [0.5, 0.6) is 0 Å². The molecule has 1 fully saturated rings. The van der Waals surface area contributed by atoms with Gasteiger partial charge in [0, 0.05) is 10.6 Å². The van der Waals surface area contributed by atoms with Gasteiger partial charge in [-0.25, -0.2) is 0 Å². The molecule has 0 atom stereocenters. The molecule has 0 aromatic heterocycles. The van der Waals surface area contributed by atoms with E-state index in [1.807, 2.05) is 18.2 Å². The molecule has 0 amide bonds. The van der Waals surface area contributed by atoms with Gasteiger partial charge in [0.15, 0.2) is 0 Å². The summed E-state index contributed by atoms with van der Waals surface area (Å²) < 4.78 is 5.04. The molecular formula is C12H15ClO2. The van der Waals surface area contributed by atoms with Gasteiger partial charge in [-0.15, -0.1) is 0 Å². The second-order valence-corrected chi connectivity index (χ2v) is 4.50. The van der Waals surface area contributed by atoms with Crippen LogP contribution >= 0.6 is 11.6 Å². The van der Waals surface area contributed by atoms with Crippen molar-refractivity contribution in [3.05, 3.63) is 34.3 Å². The van der Waals surface area contributed by atoms with E-state index in [4.69, 9.17) is 16.3 Å². The van der Waals surface area contributed by atoms with E-state index in [0.29, 0.717) is 18.2 Å². The lowest BCUT2D eigenvalue weighted by Gasteiger charge is -2.37. The maximum absolute atomic E-state index is 10.1. The first kappa shape index (κ1) is 10.9. The van der Waals surface area contributed by atoms with Crippen LogP contribution in [0.1, 0.15) is 24.5 Å². The lowest BCUT2D eigenvalue weighted by Crippen LogP contribution is -2.46. The van der Waals surface area contributed by atoms with Gasteiger partial charge in [-0.05, 0) is 18.1 Å². The fraction of sp³-hybridized carbons (Fsp3) is 0.500. The van der Waals surface area contributed by atoms with Crippen molar-refractivity contribution in [2.75, 3.05) is 13.2 Å². The van der Waals surface area contributed by atoms with Gasteiger partial charge in [0.25, 0.3) is 0 Å². The molecule has 1 aromatic rings. The first-order chi connectivity index (χ1) is 7.15. The van der Waals surface area contributed by atoms with Gasteiger partial charge in [-0.3, -0.25) is 0 Å². The lowest BCUT2D eigenvalue weighted by atomic mass is 9.90. The predicted octanol–water partition coefficient (Wildman–Crippen LogP) is 2.51. The highest BCUT2D eigenvalue weighted by atomic mass is 35.5. The zero-order valence-corrected chi connectivity index (χ0v) is 9.55. The number of benzene rings is 1. The van der Waals surface area contributed by atoms with Crippen molar-refractivity contribution in [3.63, 3.8) is 0 Å². The summed E-state index contributed by atoms with van der Waals surface area (Å²) in [4.78, 5) is 0. The second-order valence-electron chi connectivity index (χ2n) is 4.09. The number of hydrogen-bond acceptors (Lipinski definition) is 2.